The zero-order chi connectivity index (χ0) is 14.7. The summed E-state index contributed by atoms with van der Waals surface area (Å²) in [4.78, 5) is 0. The Morgan fingerprint density at radius 3 is 2.76 bits per heavy atom. The van der Waals surface area contributed by atoms with Crippen LogP contribution in [-0.4, -0.2) is 47.0 Å². The van der Waals surface area contributed by atoms with Gasteiger partial charge in [0.25, 0.3) is 0 Å². The van der Waals surface area contributed by atoms with E-state index in [0.29, 0.717) is 11.2 Å². The molecule has 2 saturated heterocycles. The molecule has 114 valence electrons. The number of rotatable bonds is 3. The van der Waals surface area contributed by atoms with Crippen molar-refractivity contribution >= 4 is 24.3 Å². The lowest BCUT2D eigenvalue weighted by molar-refractivity contribution is -0.116. The van der Waals surface area contributed by atoms with Crippen molar-refractivity contribution in [3.8, 4) is 5.75 Å². The fourth-order valence-electron chi connectivity index (χ4n) is 3.16. The Hall–Kier alpha value is -0.685. The van der Waals surface area contributed by atoms with Gasteiger partial charge in [-0.1, -0.05) is 18.2 Å². The molecule has 1 spiro atoms. The van der Waals surface area contributed by atoms with Crippen LogP contribution in [0.1, 0.15) is 25.7 Å². The maximum atomic E-state index is 9.42. The predicted molar refractivity (Wildman–Crippen MR) is 85.2 cm³/mol. The van der Waals surface area contributed by atoms with E-state index in [-0.39, 0.29) is 11.7 Å². The van der Waals surface area contributed by atoms with Crippen molar-refractivity contribution in [1.29, 1.82) is 0 Å². The van der Waals surface area contributed by atoms with Crippen LogP contribution in [0.15, 0.2) is 24.3 Å². The standard InChI is InChI=1S/C15H21BO4S/c17-16(18)13-3-1-2-4-14(13)20-12-5-8-19-15(11-12)6-9-21-10-7-15/h1-4,12,17-18H,5-11H2. The van der Waals surface area contributed by atoms with Crippen molar-refractivity contribution in [2.75, 3.05) is 18.1 Å². The van der Waals surface area contributed by atoms with Crippen LogP contribution in [0.5, 0.6) is 5.75 Å². The van der Waals surface area contributed by atoms with Crippen LogP contribution in [0.2, 0.25) is 0 Å². The van der Waals surface area contributed by atoms with Gasteiger partial charge in [-0.25, -0.2) is 0 Å². The number of hydrogen-bond acceptors (Lipinski definition) is 5. The normalized spacial score (nSPS) is 24.8. The lowest BCUT2D eigenvalue weighted by atomic mass is 9.79. The quantitative estimate of drug-likeness (QED) is 0.822. The minimum Gasteiger partial charge on any atom is -0.491 e. The zero-order valence-electron chi connectivity index (χ0n) is 12.0. The molecular formula is C15H21BO4S. The molecule has 2 aliphatic heterocycles. The number of thioether (sulfide) groups is 1. The average molecular weight is 308 g/mol. The molecule has 1 aromatic carbocycles. The van der Waals surface area contributed by atoms with Gasteiger partial charge in [0, 0.05) is 18.3 Å². The molecule has 4 nitrogen and oxygen atoms in total. The summed E-state index contributed by atoms with van der Waals surface area (Å²) < 4.78 is 12.1. The molecule has 2 fully saturated rings. The van der Waals surface area contributed by atoms with Crippen molar-refractivity contribution in [1.82, 2.24) is 0 Å². The summed E-state index contributed by atoms with van der Waals surface area (Å²) >= 11 is 1.99. The minimum absolute atomic E-state index is 0.0268. The molecule has 6 heteroatoms. The van der Waals surface area contributed by atoms with Crippen molar-refractivity contribution in [2.45, 2.75) is 37.4 Å². The highest BCUT2D eigenvalue weighted by molar-refractivity contribution is 7.99. The molecular weight excluding hydrogens is 287 g/mol. The molecule has 2 N–H and O–H groups in total. The minimum atomic E-state index is -1.50. The predicted octanol–water partition coefficient (Wildman–Crippen LogP) is 1.19. The molecule has 2 heterocycles. The van der Waals surface area contributed by atoms with Crippen molar-refractivity contribution in [3.63, 3.8) is 0 Å². The largest absolute Gasteiger partial charge is 0.492 e. The maximum absolute atomic E-state index is 9.42. The molecule has 3 rings (SSSR count). The molecule has 1 aromatic rings. The van der Waals surface area contributed by atoms with Crippen molar-refractivity contribution in [3.05, 3.63) is 24.3 Å². The first kappa shape index (κ1) is 15.2. The Bertz CT molecular complexity index is 471. The molecule has 1 unspecified atom stereocenters. The smallest absolute Gasteiger partial charge is 0.491 e. The second-order valence-electron chi connectivity index (χ2n) is 5.79. The van der Waals surface area contributed by atoms with Gasteiger partial charge in [0.15, 0.2) is 0 Å². The Labute approximate surface area is 130 Å². The third kappa shape index (κ3) is 3.56. The van der Waals surface area contributed by atoms with Gasteiger partial charge in [0.2, 0.25) is 0 Å². The highest BCUT2D eigenvalue weighted by atomic mass is 32.2. The molecule has 21 heavy (non-hydrogen) atoms. The van der Waals surface area contributed by atoms with Gasteiger partial charge in [0.1, 0.15) is 11.9 Å². The van der Waals surface area contributed by atoms with Gasteiger partial charge in [-0.05, 0) is 30.4 Å². The highest BCUT2D eigenvalue weighted by Gasteiger charge is 2.39. The van der Waals surface area contributed by atoms with E-state index >= 15 is 0 Å². The molecule has 0 saturated carbocycles. The van der Waals surface area contributed by atoms with E-state index in [9.17, 15) is 10.0 Å². The second-order valence-corrected chi connectivity index (χ2v) is 7.01. The molecule has 0 radical (unpaired) electrons. The Morgan fingerprint density at radius 1 is 1.24 bits per heavy atom. The van der Waals surface area contributed by atoms with E-state index in [2.05, 4.69) is 0 Å². The van der Waals surface area contributed by atoms with Gasteiger partial charge in [-0.15, -0.1) is 0 Å². The van der Waals surface area contributed by atoms with E-state index in [4.69, 9.17) is 9.47 Å². The number of para-hydroxylation sites is 1. The third-order valence-corrected chi connectivity index (χ3v) is 5.33. The maximum Gasteiger partial charge on any atom is 0.492 e. The van der Waals surface area contributed by atoms with E-state index in [0.717, 1.165) is 43.8 Å². The fourth-order valence-corrected chi connectivity index (χ4v) is 4.39. The average Bonchev–Trinajstić information content (AvgIpc) is 2.48. The Kier molecular flexibility index (Phi) is 4.79. The topological polar surface area (TPSA) is 58.9 Å². The van der Waals surface area contributed by atoms with E-state index in [1.54, 1.807) is 18.2 Å². The summed E-state index contributed by atoms with van der Waals surface area (Å²) in [6, 6.07) is 7.12. The lowest BCUT2D eigenvalue weighted by Gasteiger charge is -2.43. The number of ether oxygens (including phenoxy) is 2. The van der Waals surface area contributed by atoms with E-state index < -0.39 is 7.12 Å². The van der Waals surface area contributed by atoms with Crippen LogP contribution in [0.25, 0.3) is 0 Å². The summed E-state index contributed by atoms with van der Waals surface area (Å²) in [6.45, 7) is 0.721. The first-order valence-electron chi connectivity index (χ1n) is 7.52. The Morgan fingerprint density at radius 2 is 2.00 bits per heavy atom. The summed E-state index contributed by atoms with van der Waals surface area (Å²) in [5.41, 5.74) is 0.401. The van der Waals surface area contributed by atoms with Crippen molar-refractivity contribution < 1.29 is 19.5 Å². The summed E-state index contributed by atoms with van der Waals surface area (Å²) in [5.74, 6) is 2.87. The summed E-state index contributed by atoms with van der Waals surface area (Å²) in [7, 11) is -1.50. The van der Waals surface area contributed by atoms with Gasteiger partial charge in [0.05, 0.1) is 12.2 Å². The van der Waals surface area contributed by atoms with Crippen LogP contribution in [0.4, 0.5) is 0 Å². The first-order valence-corrected chi connectivity index (χ1v) is 8.67. The first-order chi connectivity index (χ1) is 10.2. The van der Waals surface area contributed by atoms with Gasteiger partial charge < -0.3 is 19.5 Å². The number of benzene rings is 1. The summed E-state index contributed by atoms with van der Waals surface area (Å²) in [6.07, 6.45) is 4.00. The van der Waals surface area contributed by atoms with Gasteiger partial charge >= 0.3 is 7.12 Å². The molecule has 0 aliphatic carbocycles. The van der Waals surface area contributed by atoms with Crippen LogP contribution in [-0.2, 0) is 4.74 Å². The SMILES string of the molecule is OB(O)c1ccccc1OC1CCOC2(CCSCC2)C1. The molecule has 0 bridgehead atoms. The van der Waals surface area contributed by atoms with Crippen LogP contribution < -0.4 is 10.2 Å². The second kappa shape index (κ2) is 6.61. The third-order valence-electron chi connectivity index (χ3n) is 4.34. The van der Waals surface area contributed by atoms with Gasteiger partial charge in [-0.3, -0.25) is 0 Å². The monoisotopic (exact) mass is 308 g/mol. The van der Waals surface area contributed by atoms with E-state index in [1.807, 2.05) is 17.8 Å². The van der Waals surface area contributed by atoms with Gasteiger partial charge in [-0.2, -0.15) is 11.8 Å². The number of hydrogen-bond donors (Lipinski definition) is 2. The van der Waals surface area contributed by atoms with Crippen LogP contribution >= 0.6 is 11.8 Å². The fraction of sp³-hybridized carbons (Fsp3) is 0.600. The molecule has 0 aromatic heterocycles. The van der Waals surface area contributed by atoms with E-state index in [1.165, 1.54) is 0 Å². The van der Waals surface area contributed by atoms with Crippen LogP contribution in [0.3, 0.4) is 0 Å². The van der Waals surface area contributed by atoms with Crippen molar-refractivity contribution in [2.24, 2.45) is 0 Å². The molecule has 1 atom stereocenters. The summed E-state index contributed by atoms with van der Waals surface area (Å²) in [5, 5.41) is 18.8. The Balaban J connectivity index is 1.70. The van der Waals surface area contributed by atoms with Crippen LogP contribution in [0, 0.1) is 0 Å². The lowest BCUT2D eigenvalue weighted by Crippen LogP contribution is -2.46. The molecule has 0 amide bonds. The zero-order valence-corrected chi connectivity index (χ0v) is 12.8. The molecule has 2 aliphatic rings. The highest BCUT2D eigenvalue weighted by Crippen LogP contribution is 2.38.